The molecule has 0 saturated carbocycles. The first kappa shape index (κ1) is 19.6. The predicted octanol–water partition coefficient (Wildman–Crippen LogP) is 3.99. The Morgan fingerprint density at radius 1 is 1.21 bits per heavy atom. The third kappa shape index (κ3) is 4.20. The second-order valence-electron chi connectivity index (χ2n) is 5.83. The van der Waals surface area contributed by atoms with E-state index in [0.29, 0.717) is 6.54 Å². The second-order valence-corrected chi connectivity index (χ2v) is 6.67. The summed E-state index contributed by atoms with van der Waals surface area (Å²) in [5.41, 5.74) is 3.59. The zero-order valence-corrected chi connectivity index (χ0v) is 16.9. The maximum absolute atomic E-state index is 5.57. The first-order chi connectivity index (χ1) is 13.7. The quantitative estimate of drug-likeness (QED) is 0.450. The predicted molar refractivity (Wildman–Crippen MR) is 113 cm³/mol. The Morgan fingerprint density at radius 3 is 2.68 bits per heavy atom. The number of nitrogens with zero attached hydrogens (tertiary/aromatic N) is 4. The smallest absolute Gasteiger partial charge is 0.206 e. The van der Waals surface area contributed by atoms with Crippen molar-refractivity contribution >= 4 is 17.0 Å². The third-order valence-corrected chi connectivity index (χ3v) is 4.93. The van der Waals surface area contributed by atoms with Gasteiger partial charge >= 0.3 is 0 Å². The van der Waals surface area contributed by atoms with Gasteiger partial charge in [0.1, 0.15) is 11.5 Å². The van der Waals surface area contributed by atoms with Gasteiger partial charge in [0, 0.05) is 28.9 Å². The first-order valence-electron chi connectivity index (χ1n) is 8.68. The number of methoxy groups -OCH3 is 2. The lowest BCUT2D eigenvalue weighted by molar-refractivity contribution is 0.404. The van der Waals surface area contributed by atoms with Crippen LogP contribution in [0.15, 0.2) is 70.9 Å². The van der Waals surface area contributed by atoms with Gasteiger partial charge in [-0.1, -0.05) is 6.08 Å². The van der Waals surface area contributed by atoms with Crippen LogP contribution in [0.1, 0.15) is 12.5 Å². The fourth-order valence-electron chi connectivity index (χ4n) is 2.65. The lowest BCUT2D eigenvalue weighted by Gasteiger charge is -2.11. The average Bonchev–Trinajstić information content (AvgIpc) is 3.14. The molecule has 0 fully saturated rings. The van der Waals surface area contributed by atoms with E-state index in [1.54, 1.807) is 32.7 Å². The fraction of sp³-hybridized carbons (Fsp3) is 0.190. The molecule has 3 aromatic rings. The Labute approximate surface area is 168 Å². The van der Waals surface area contributed by atoms with Crippen molar-refractivity contribution in [3.8, 4) is 22.8 Å². The number of hydrogen-bond acceptors (Lipinski definition) is 6. The summed E-state index contributed by atoms with van der Waals surface area (Å²) in [4.78, 5) is 9.43. The largest absolute Gasteiger partial charge is 0.497 e. The van der Waals surface area contributed by atoms with Crippen molar-refractivity contribution in [2.75, 3.05) is 20.8 Å². The molecule has 2 aromatic heterocycles. The highest BCUT2D eigenvalue weighted by Gasteiger charge is 2.14. The van der Waals surface area contributed by atoms with Crippen molar-refractivity contribution < 1.29 is 9.47 Å². The van der Waals surface area contributed by atoms with Crippen LogP contribution in [-0.4, -0.2) is 36.1 Å². The van der Waals surface area contributed by atoms with Crippen LogP contribution in [0.25, 0.3) is 11.3 Å². The van der Waals surface area contributed by atoms with E-state index >= 15 is 0 Å². The Balaban J connectivity index is 2.21. The standard InChI is InChI=1S/C21H22N4O2S/c1-5-10-23-21-25(24-15(2)16-8-11-22-12-9-16)19(14-28-21)18-13-17(26-3)6-7-20(18)27-4/h5-9,11-14H,1,10H2,2-4H3/b23-21?,24-15-. The molecule has 0 aliphatic rings. The van der Waals surface area contributed by atoms with Crippen molar-refractivity contribution in [1.82, 2.24) is 9.66 Å². The van der Waals surface area contributed by atoms with Crippen LogP contribution in [0.4, 0.5) is 0 Å². The Morgan fingerprint density at radius 2 is 2.00 bits per heavy atom. The van der Waals surface area contributed by atoms with Gasteiger partial charge in [-0.25, -0.2) is 4.68 Å². The van der Waals surface area contributed by atoms with E-state index < -0.39 is 0 Å². The fourth-order valence-corrected chi connectivity index (χ4v) is 3.48. The highest BCUT2D eigenvalue weighted by atomic mass is 32.1. The Bertz CT molecular complexity index is 1050. The van der Waals surface area contributed by atoms with Crippen molar-refractivity contribution in [3.63, 3.8) is 0 Å². The highest BCUT2D eigenvalue weighted by Crippen LogP contribution is 2.33. The molecule has 0 atom stereocenters. The molecule has 0 amide bonds. The normalized spacial score (nSPS) is 12.1. The van der Waals surface area contributed by atoms with E-state index in [2.05, 4.69) is 16.6 Å². The van der Waals surface area contributed by atoms with Crippen molar-refractivity contribution in [3.05, 3.63) is 71.1 Å². The van der Waals surface area contributed by atoms with Gasteiger partial charge in [0.25, 0.3) is 0 Å². The SMILES string of the molecule is C=CCN=c1scc(-c2cc(OC)ccc2OC)n1/N=C(/C)c1ccncc1. The average molecular weight is 395 g/mol. The Hall–Kier alpha value is -3.19. The highest BCUT2D eigenvalue weighted by molar-refractivity contribution is 7.07. The van der Waals surface area contributed by atoms with Crippen LogP contribution in [0.5, 0.6) is 11.5 Å². The number of aromatic nitrogens is 2. The minimum atomic E-state index is 0.513. The van der Waals surface area contributed by atoms with Crippen LogP contribution in [0, 0.1) is 0 Å². The summed E-state index contributed by atoms with van der Waals surface area (Å²) in [6, 6.07) is 9.55. The molecule has 0 N–H and O–H groups in total. The Kier molecular flexibility index (Phi) is 6.39. The van der Waals surface area contributed by atoms with E-state index in [-0.39, 0.29) is 0 Å². The van der Waals surface area contributed by atoms with Gasteiger partial charge in [-0.15, -0.1) is 17.9 Å². The van der Waals surface area contributed by atoms with Crippen LogP contribution < -0.4 is 14.3 Å². The summed E-state index contributed by atoms with van der Waals surface area (Å²) in [7, 11) is 3.29. The summed E-state index contributed by atoms with van der Waals surface area (Å²) in [6.45, 7) is 6.23. The van der Waals surface area contributed by atoms with Crippen LogP contribution >= 0.6 is 11.3 Å². The second kappa shape index (κ2) is 9.14. The minimum Gasteiger partial charge on any atom is -0.497 e. The van der Waals surface area contributed by atoms with Gasteiger partial charge in [0.15, 0.2) is 0 Å². The summed E-state index contributed by atoms with van der Waals surface area (Å²) in [5.74, 6) is 1.48. The number of pyridine rings is 1. The third-order valence-electron chi connectivity index (χ3n) is 4.07. The zero-order chi connectivity index (χ0) is 19.9. The summed E-state index contributed by atoms with van der Waals surface area (Å²) in [6.07, 6.45) is 5.26. The molecule has 6 nitrogen and oxygen atoms in total. The molecule has 144 valence electrons. The van der Waals surface area contributed by atoms with E-state index in [9.17, 15) is 0 Å². The topological polar surface area (TPSA) is 61.0 Å². The maximum Gasteiger partial charge on any atom is 0.206 e. The number of thiazole rings is 1. The van der Waals surface area contributed by atoms with Gasteiger partial charge in [0.05, 0.1) is 32.2 Å². The van der Waals surface area contributed by atoms with Crippen LogP contribution in [-0.2, 0) is 0 Å². The van der Waals surface area contributed by atoms with Crippen LogP contribution in [0.2, 0.25) is 0 Å². The van der Waals surface area contributed by atoms with Crippen molar-refractivity contribution in [2.45, 2.75) is 6.92 Å². The van der Waals surface area contributed by atoms with E-state index in [1.165, 1.54) is 11.3 Å². The molecule has 0 radical (unpaired) electrons. The molecule has 0 saturated heterocycles. The lowest BCUT2D eigenvalue weighted by atomic mass is 10.1. The molecule has 3 rings (SSSR count). The molecule has 0 bridgehead atoms. The molecule has 0 aliphatic carbocycles. The van der Waals surface area contributed by atoms with Gasteiger partial charge in [-0.05, 0) is 37.3 Å². The van der Waals surface area contributed by atoms with Gasteiger partial charge in [-0.2, -0.15) is 5.10 Å². The molecule has 2 heterocycles. The number of rotatable bonds is 7. The number of hydrogen-bond donors (Lipinski definition) is 0. The number of ether oxygens (including phenoxy) is 2. The molecule has 28 heavy (non-hydrogen) atoms. The molecular formula is C21H22N4O2S. The molecule has 0 aliphatic heterocycles. The molecule has 7 heteroatoms. The van der Waals surface area contributed by atoms with E-state index in [4.69, 9.17) is 14.6 Å². The summed E-state index contributed by atoms with van der Waals surface area (Å²) in [5, 5.41) is 6.86. The molecule has 0 spiro atoms. The van der Waals surface area contributed by atoms with Crippen molar-refractivity contribution in [1.29, 1.82) is 0 Å². The van der Waals surface area contributed by atoms with Crippen molar-refractivity contribution in [2.24, 2.45) is 10.1 Å². The van der Waals surface area contributed by atoms with Crippen LogP contribution in [0.3, 0.4) is 0 Å². The monoisotopic (exact) mass is 394 g/mol. The first-order valence-corrected chi connectivity index (χ1v) is 9.56. The maximum atomic E-state index is 5.57. The summed E-state index contributed by atoms with van der Waals surface area (Å²) >= 11 is 1.51. The van der Waals surface area contributed by atoms with Gasteiger partial charge in [0.2, 0.25) is 4.80 Å². The molecule has 1 aromatic carbocycles. The van der Waals surface area contributed by atoms with E-state index in [1.807, 2.05) is 47.3 Å². The van der Waals surface area contributed by atoms with Gasteiger partial charge < -0.3 is 9.47 Å². The van der Waals surface area contributed by atoms with Gasteiger partial charge in [-0.3, -0.25) is 9.98 Å². The molecule has 0 unspecified atom stereocenters. The number of benzene rings is 1. The molecular weight excluding hydrogens is 372 g/mol. The summed E-state index contributed by atoms with van der Waals surface area (Å²) < 4.78 is 12.8. The van der Waals surface area contributed by atoms with E-state index in [0.717, 1.165) is 38.8 Å². The zero-order valence-electron chi connectivity index (χ0n) is 16.1. The minimum absolute atomic E-state index is 0.513. The lowest BCUT2D eigenvalue weighted by Crippen LogP contribution is -2.14.